The van der Waals surface area contributed by atoms with Crippen molar-refractivity contribution < 1.29 is 4.39 Å². The molecule has 0 radical (unpaired) electrons. The fourth-order valence-corrected chi connectivity index (χ4v) is 6.74. The Balaban J connectivity index is 1.26. The van der Waals surface area contributed by atoms with Crippen molar-refractivity contribution in [3.63, 3.8) is 0 Å². The summed E-state index contributed by atoms with van der Waals surface area (Å²) >= 11 is 0. The predicted octanol–water partition coefficient (Wildman–Crippen LogP) is 6.62. The van der Waals surface area contributed by atoms with Gasteiger partial charge in [-0.15, -0.1) is 0 Å². The van der Waals surface area contributed by atoms with E-state index < -0.39 is 0 Å². The van der Waals surface area contributed by atoms with Gasteiger partial charge in [-0.2, -0.15) is 0 Å². The van der Waals surface area contributed by atoms with E-state index >= 15 is 0 Å². The fraction of sp³-hybridized carbons (Fsp3) is 0.714. The second kappa shape index (κ2) is 9.10. The number of halogens is 1. The van der Waals surface area contributed by atoms with Crippen LogP contribution >= 0.6 is 0 Å². The number of benzene rings is 1. The molecular weight excluding hydrogens is 397 g/mol. The van der Waals surface area contributed by atoms with Gasteiger partial charge in [-0.25, -0.2) is 4.39 Å². The van der Waals surface area contributed by atoms with Crippen molar-refractivity contribution >= 4 is 10.9 Å². The van der Waals surface area contributed by atoms with Crippen LogP contribution in [0.3, 0.4) is 0 Å². The molecule has 3 fully saturated rings. The summed E-state index contributed by atoms with van der Waals surface area (Å²) in [6.07, 6.45) is 12.9. The topological polar surface area (TPSA) is 11.4 Å². The van der Waals surface area contributed by atoms with Gasteiger partial charge in [-0.05, 0) is 99.6 Å². The van der Waals surface area contributed by atoms with Crippen molar-refractivity contribution in [1.29, 1.82) is 0 Å². The van der Waals surface area contributed by atoms with Gasteiger partial charge < -0.3 is 9.47 Å². The zero-order valence-electron chi connectivity index (χ0n) is 20.5. The van der Waals surface area contributed by atoms with Crippen LogP contribution in [0.15, 0.2) is 24.4 Å². The normalized spacial score (nSPS) is 26.9. The highest BCUT2D eigenvalue weighted by molar-refractivity contribution is 5.84. The monoisotopic (exact) mass is 439 g/mol. The highest BCUT2D eigenvalue weighted by Gasteiger charge is 2.33. The van der Waals surface area contributed by atoms with Crippen LogP contribution < -0.4 is 0 Å². The predicted molar refractivity (Wildman–Crippen MR) is 131 cm³/mol. The average Bonchev–Trinajstić information content (AvgIpc) is 3.42. The van der Waals surface area contributed by atoms with Gasteiger partial charge in [0.1, 0.15) is 5.82 Å². The zero-order chi connectivity index (χ0) is 22.3. The molecule has 5 rings (SSSR count). The number of likely N-dealkylation sites (tertiary alicyclic amines) is 2. The molecule has 0 spiro atoms. The van der Waals surface area contributed by atoms with Crippen LogP contribution in [0.1, 0.15) is 83.7 Å². The summed E-state index contributed by atoms with van der Waals surface area (Å²) in [4.78, 5) is 5.31. The summed E-state index contributed by atoms with van der Waals surface area (Å²) in [6, 6.07) is 6.74. The molecule has 2 saturated heterocycles. The van der Waals surface area contributed by atoms with E-state index in [9.17, 15) is 4.39 Å². The van der Waals surface area contributed by atoms with Crippen molar-refractivity contribution in [3.05, 3.63) is 35.8 Å². The number of rotatable bonds is 4. The molecule has 0 atom stereocenters. The number of fused-ring (bicyclic) bond motifs is 1. The number of piperidine rings is 1. The van der Waals surface area contributed by atoms with Crippen LogP contribution in [-0.2, 0) is 6.54 Å². The Hall–Kier alpha value is -1.39. The van der Waals surface area contributed by atoms with Gasteiger partial charge in [0, 0.05) is 48.8 Å². The Kier molecular flexibility index (Phi) is 6.37. The van der Waals surface area contributed by atoms with E-state index in [1.54, 1.807) is 12.1 Å². The molecule has 0 N–H and O–H groups in total. The third kappa shape index (κ3) is 4.63. The summed E-state index contributed by atoms with van der Waals surface area (Å²) in [5, 5.41) is 1.12. The smallest absolute Gasteiger partial charge is 0.123 e. The van der Waals surface area contributed by atoms with Crippen LogP contribution in [0.5, 0.6) is 0 Å². The van der Waals surface area contributed by atoms with Crippen molar-refractivity contribution in [1.82, 2.24) is 14.4 Å². The Morgan fingerprint density at radius 3 is 2.22 bits per heavy atom. The van der Waals surface area contributed by atoms with E-state index in [0.29, 0.717) is 11.5 Å². The van der Waals surface area contributed by atoms with Crippen molar-refractivity contribution in [2.24, 2.45) is 11.3 Å². The molecule has 1 saturated carbocycles. The quantitative estimate of drug-likeness (QED) is 0.530. The second-order valence-corrected chi connectivity index (χ2v) is 11.8. The molecule has 3 heterocycles. The first-order valence-corrected chi connectivity index (χ1v) is 13.1. The van der Waals surface area contributed by atoms with Crippen LogP contribution in [0, 0.1) is 17.2 Å². The van der Waals surface area contributed by atoms with Crippen molar-refractivity contribution in [2.45, 2.75) is 90.8 Å². The average molecular weight is 440 g/mol. The van der Waals surface area contributed by atoms with Crippen LogP contribution in [-0.4, -0.2) is 46.6 Å². The maximum atomic E-state index is 14.1. The van der Waals surface area contributed by atoms with Crippen molar-refractivity contribution in [3.8, 4) is 0 Å². The minimum absolute atomic E-state index is 0.112. The summed E-state index contributed by atoms with van der Waals surface area (Å²) in [6.45, 7) is 13.0. The second-order valence-electron chi connectivity index (χ2n) is 11.8. The Morgan fingerprint density at radius 1 is 0.875 bits per heavy atom. The van der Waals surface area contributed by atoms with Crippen LogP contribution in [0.25, 0.3) is 10.9 Å². The molecule has 0 amide bonds. The van der Waals surface area contributed by atoms with Gasteiger partial charge in [0.15, 0.2) is 0 Å². The first-order chi connectivity index (χ1) is 15.4. The highest BCUT2D eigenvalue weighted by Crippen LogP contribution is 2.40. The third-order valence-electron chi connectivity index (χ3n) is 8.80. The van der Waals surface area contributed by atoms with Gasteiger partial charge in [0.25, 0.3) is 0 Å². The molecule has 0 bridgehead atoms. The molecular formula is C28H42FN3. The van der Waals surface area contributed by atoms with Crippen LogP contribution in [0.2, 0.25) is 0 Å². The number of nitrogens with zero attached hydrogens (tertiary/aromatic N) is 3. The van der Waals surface area contributed by atoms with Crippen LogP contribution in [0.4, 0.5) is 4.39 Å². The molecule has 3 nitrogen and oxygen atoms in total. The Bertz CT molecular complexity index is 905. The van der Waals surface area contributed by atoms with E-state index in [-0.39, 0.29) is 5.82 Å². The largest absolute Gasteiger partial charge is 0.344 e. The molecule has 1 aromatic carbocycles. The first kappa shape index (κ1) is 22.4. The maximum Gasteiger partial charge on any atom is 0.123 e. The number of aromatic nitrogens is 1. The lowest BCUT2D eigenvalue weighted by Gasteiger charge is -2.43. The van der Waals surface area contributed by atoms with Gasteiger partial charge in [0.05, 0.1) is 0 Å². The lowest BCUT2D eigenvalue weighted by molar-refractivity contribution is 0.0723. The SMILES string of the molecule is CC(C)(C)[C@H]1CC[C@@H](N2CCC(n3cc(CN4CCCC4)c4cc(F)ccc43)CC2)CC1. The first-order valence-electron chi connectivity index (χ1n) is 13.1. The minimum atomic E-state index is -0.112. The molecule has 4 heteroatoms. The van der Waals surface area contributed by atoms with Gasteiger partial charge in [-0.3, -0.25) is 4.90 Å². The van der Waals surface area contributed by atoms with Gasteiger partial charge in [0.2, 0.25) is 0 Å². The highest BCUT2D eigenvalue weighted by atomic mass is 19.1. The molecule has 32 heavy (non-hydrogen) atoms. The molecule has 0 unspecified atom stereocenters. The van der Waals surface area contributed by atoms with E-state index in [1.807, 2.05) is 6.07 Å². The van der Waals surface area contributed by atoms with Gasteiger partial charge >= 0.3 is 0 Å². The Labute approximate surface area is 193 Å². The molecule has 1 aliphatic carbocycles. The summed E-state index contributed by atoms with van der Waals surface area (Å²) < 4.78 is 16.6. The molecule has 2 aromatic rings. The zero-order valence-corrected chi connectivity index (χ0v) is 20.5. The molecule has 2 aliphatic heterocycles. The summed E-state index contributed by atoms with van der Waals surface area (Å²) in [5.41, 5.74) is 2.99. The van der Waals surface area contributed by atoms with E-state index in [0.717, 1.165) is 23.9 Å². The molecule has 3 aliphatic rings. The van der Waals surface area contributed by atoms with Gasteiger partial charge in [-0.1, -0.05) is 20.8 Å². The summed E-state index contributed by atoms with van der Waals surface area (Å²) in [5.74, 6) is 0.774. The number of hydrogen-bond donors (Lipinski definition) is 0. The molecule has 1 aromatic heterocycles. The van der Waals surface area contributed by atoms with E-state index in [2.05, 4.69) is 41.3 Å². The van der Waals surface area contributed by atoms with Crippen molar-refractivity contribution in [2.75, 3.05) is 26.2 Å². The molecule has 176 valence electrons. The lowest BCUT2D eigenvalue weighted by atomic mass is 9.71. The minimum Gasteiger partial charge on any atom is -0.344 e. The maximum absolute atomic E-state index is 14.1. The third-order valence-corrected chi connectivity index (χ3v) is 8.80. The lowest BCUT2D eigenvalue weighted by Crippen LogP contribution is -2.44. The number of hydrogen-bond acceptors (Lipinski definition) is 2. The fourth-order valence-electron chi connectivity index (χ4n) is 6.74. The van der Waals surface area contributed by atoms with E-state index in [4.69, 9.17) is 0 Å². The van der Waals surface area contributed by atoms with E-state index in [1.165, 1.54) is 88.6 Å². The Morgan fingerprint density at radius 2 is 1.56 bits per heavy atom. The summed E-state index contributed by atoms with van der Waals surface area (Å²) in [7, 11) is 0. The standard InChI is InChI=1S/C28H42FN3/c1-28(2,3)22-6-9-24(10-7-22)31-16-12-25(13-17-31)32-20-21(19-30-14-4-5-15-30)26-18-23(29)8-11-27(26)32/h8,11,18,20,22,24-25H,4-7,9-10,12-17,19H2,1-3H3/t22-,24+.